The van der Waals surface area contributed by atoms with Crippen LogP contribution in [0.1, 0.15) is 43.6 Å². The first-order valence-electron chi connectivity index (χ1n) is 10.0. The number of aromatic nitrogens is 2. The highest BCUT2D eigenvalue weighted by atomic mass is 32.2. The zero-order valence-corrected chi connectivity index (χ0v) is 17.8. The molecule has 3 heterocycles. The number of fused-ring (bicyclic) bond motifs is 3. The number of thioether (sulfide) groups is 1. The van der Waals surface area contributed by atoms with E-state index in [1.165, 1.54) is 10.4 Å². The van der Waals surface area contributed by atoms with E-state index in [1.807, 2.05) is 11.5 Å². The van der Waals surface area contributed by atoms with E-state index in [1.54, 1.807) is 23.1 Å². The van der Waals surface area contributed by atoms with Gasteiger partial charge >= 0.3 is 0 Å². The molecular formula is C20H28N2O3S2. The summed E-state index contributed by atoms with van der Waals surface area (Å²) < 4.78 is 13.2. The quantitative estimate of drug-likeness (QED) is 0.395. The van der Waals surface area contributed by atoms with Crippen molar-refractivity contribution in [2.24, 2.45) is 5.92 Å². The predicted molar refractivity (Wildman–Crippen MR) is 111 cm³/mol. The number of ether oxygens (including phenoxy) is 2. The van der Waals surface area contributed by atoms with E-state index in [0.29, 0.717) is 25.7 Å². The van der Waals surface area contributed by atoms with Crippen LogP contribution in [-0.4, -0.2) is 41.2 Å². The molecule has 0 N–H and O–H groups in total. The average Bonchev–Trinajstić information content (AvgIpc) is 3.28. The van der Waals surface area contributed by atoms with Gasteiger partial charge in [0.2, 0.25) is 0 Å². The van der Waals surface area contributed by atoms with E-state index in [0.717, 1.165) is 59.8 Å². The van der Waals surface area contributed by atoms with E-state index < -0.39 is 0 Å². The van der Waals surface area contributed by atoms with Crippen LogP contribution in [0.25, 0.3) is 10.2 Å². The van der Waals surface area contributed by atoms with Gasteiger partial charge in [-0.2, -0.15) is 0 Å². The molecule has 0 radical (unpaired) electrons. The van der Waals surface area contributed by atoms with E-state index in [-0.39, 0.29) is 11.7 Å². The molecule has 1 fully saturated rings. The summed E-state index contributed by atoms with van der Waals surface area (Å²) in [6.45, 7) is 7.09. The standard InChI is InChI=1S/C20H28N2O3S2/c1-3-24-9-10-26-20-21-18-17(15-7-6-13(2)11-16(15)27-18)19(23)22(20)12-14-5-4-8-25-14/h13-14H,3-12H2,1-2H3. The third kappa shape index (κ3) is 4.11. The monoisotopic (exact) mass is 408 g/mol. The maximum absolute atomic E-state index is 13.5. The van der Waals surface area contributed by atoms with Crippen LogP contribution in [0.5, 0.6) is 0 Å². The minimum absolute atomic E-state index is 0.126. The molecule has 2 unspecified atom stereocenters. The third-order valence-corrected chi connectivity index (χ3v) is 7.54. The highest BCUT2D eigenvalue weighted by Gasteiger charge is 2.26. The lowest BCUT2D eigenvalue weighted by Crippen LogP contribution is -2.29. The maximum Gasteiger partial charge on any atom is 0.263 e. The molecule has 5 nitrogen and oxygen atoms in total. The SMILES string of the molecule is CCOCCSc1nc2sc3c(c2c(=O)n1CC1CCCO1)CCC(C)C3. The molecule has 1 saturated heterocycles. The largest absolute Gasteiger partial charge is 0.381 e. The normalized spacial score (nSPS) is 22.4. The van der Waals surface area contributed by atoms with Crippen LogP contribution in [0.3, 0.4) is 0 Å². The average molecular weight is 409 g/mol. The number of nitrogens with zero attached hydrogens (tertiary/aromatic N) is 2. The van der Waals surface area contributed by atoms with Crippen molar-refractivity contribution in [2.45, 2.75) is 63.8 Å². The number of hydrogen-bond donors (Lipinski definition) is 0. The summed E-state index contributed by atoms with van der Waals surface area (Å²) in [5, 5.41) is 1.68. The number of thiophene rings is 1. The van der Waals surface area contributed by atoms with Gasteiger partial charge in [0.1, 0.15) is 4.83 Å². The molecule has 1 aliphatic heterocycles. The molecule has 0 bridgehead atoms. The van der Waals surface area contributed by atoms with Crippen molar-refractivity contribution in [3.63, 3.8) is 0 Å². The van der Waals surface area contributed by atoms with Crippen LogP contribution < -0.4 is 5.56 Å². The zero-order chi connectivity index (χ0) is 18.8. The fourth-order valence-electron chi connectivity index (χ4n) is 4.00. The number of rotatable bonds is 7. The fourth-order valence-corrected chi connectivity index (χ4v) is 6.29. The lowest BCUT2D eigenvalue weighted by molar-refractivity contribution is 0.0937. The fraction of sp³-hybridized carbons (Fsp3) is 0.700. The Kier molecular flexibility index (Phi) is 6.21. The van der Waals surface area contributed by atoms with Gasteiger partial charge in [-0.15, -0.1) is 11.3 Å². The van der Waals surface area contributed by atoms with Crippen molar-refractivity contribution in [3.05, 3.63) is 20.8 Å². The number of aryl methyl sites for hydroxylation is 1. The zero-order valence-electron chi connectivity index (χ0n) is 16.2. The Hall–Kier alpha value is -0.890. The van der Waals surface area contributed by atoms with Gasteiger partial charge in [0.05, 0.1) is 24.6 Å². The first-order chi connectivity index (χ1) is 13.2. The first-order valence-corrected chi connectivity index (χ1v) is 11.8. The Bertz CT molecular complexity index is 855. The van der Waals surface area contributed by atoms with Crippen molar-refractivity contribution in [2.75, 3.05) is 25.6 Å². The number of hydrogen-bond acceptors (Lipinski definition) is 6. The Balaban J connectivity index is 1.72. The minimum Gasteiger partial charge on any atom is -0.381 e. The summed E-state index contributed by atoms with van der Waals surface area (Å²) in [4.78, 5) is 20.7. The Morgan fingerprint density at radius 2 is 2.30 bits per heavy atom. The van der Waals surface area contributed by atoms with Crippen molar-refractivity contribution in [3.8, 4) is 0 Å². The molecule has 0 amide bonds. The summed E-state index contributed by atoms with van der Waals surface area (Å²) in [6, 6.07) is 0. The molecule has 27 heavy (non-hydrogen) atoms. The summed E-state index contributed by atoms with van der Waals surface area (Å²) in [7, 11) is 0. The van der Waals surface area contributed by atoms with Gasteiger partial charge in [0.25, 0.3) is 5.56 Å². The molecule has 2 aromatic heterocycles. The highest BCUT2D eigenvalue weighted by Crippen LogP contribution is 2.36. The van der Waals surface area contributed by atoms with Gasteiger partial charge in [0.15, 0.2) is 5.16 Å². The van der Waals surface area contributed by atoms with Crippen molar-refractivity contribution < 1.29 is 9.47 Å². The Morgan fingerprint density at radius 1 is 1.41 bits per heavy atom. The molecular weight excluding hydrogens is 380 g/mol. The molecule has 0 aromatic carbocycles. The highest BCUT2D eigenvalue weighted by molar-refractivity contribution is 7.99. The van der Waals surface area contributed by atoms with Crippen LogP contribution in [0, 0.1) is 5.92 Å². The van der Waals surface area contributed by atoms with Gasteiger partial charge in [-0.1, -0.05) is 18.7 Å². The first kappa shape index (κ1) is 19.4. The van der Waals surface area contributed by atoms with E-state index in [9.17, 15) is 4.79 Å². The van der Waals surface area contributed by atoms with Crippen LogP contribution in [0.4, 0.5) is 0 Å². The lowest BCUT2D eigenvalue weighted by Gasteiger charge is -2.18. The Labute approximate surface area is 168 Å². The van der Waals surface area contributed by atoms with E-state index in [4.69, 9.17) is 14.5 Å². The van der Waals surface area contributed by atoms with Gasteiger partial charge in [0, 0.05) is 23.8 Å². The molecule has 0 spiro atoms. The molecule has 0 saturated carbocycles. The van der Waals surface area contributed by atoms with E-state index >= 15 is 0 Å². The van der Waals surface area contributed by atoms with Crippen molar-refractivity contribution >= 4 is 33.3 Å². The van der Waals surface area contributed by atoms with Gasteiger partial charge < -0.3 is 9.47 Å². The lowest BCUT2D eigenvalue weighted by atomic mass is 9.89. The topological polar surface area (TPSA) is 53.3 Å². The molecule has 7 heteroatoms. The maximum atomic E-state index is 13.5. The van der Waals surface area contributed by atoms with Gasteiger partial charge in [-0.25, -0.2) is 4.98 Å². The summed E-state index contributed by atoms with van der Waals surface area (Å²) >= 11 is 3.35. The van der Waals surface area contributed by atoms with Crippen LogP contribution in [-0.2, 0) is 28.9 Å². The second kappa shape index (κ2) is 8.64. The van der Waals surface area contributed by atoms with Crippen molar-refractivity contribution in [1.82, 2.24) is 9.55 Å². The molecule has 148 valence electrons. The molecule has 2 atom stereocenters. The summed E-state index contributed by atoms with van der Waals surface area (Å²) in [5.74, 6) is 1.50. The smallest absolute Gasteiger partial charge is 0.263 e. The second-order valence-corrected chi connectivity index (χ2v) is 9.67. The van der Waals surface area contributed by atoms with Gasteiger partial charge in [-0.05, 0) is 50.5 Å². The van der Waals surface area contributed by atoms with Gasteiger partial charge in [-0.3, -0.25) is 9.36 Å². The predicted octanol–water partition coefficient (Wildman–Crippen LogP) is 3.89. The Morgan fingerprint density at radius 3 is 3.07 bits per heavy atom. The third-order valence-electron chi connectivity index (χ3n) is 5.45. The van der Waals surface area contributed by atoms with Crippen molar-refractivity contribution in [1.29, 1.82) is 0 Å². The van der Waals surface area contributed by atoms with E-state index in [2.05, 4.69) is 6.92 Å². The van der Waals surface area contributed by atoms with Crippen LogP contribution >= 0.6 is 23.1 Å². The molecule has 4 rings (SSSR count). The molecule has 2 aromatic rings. The molecule has 1 aliphatic carbocycles. The molecule has 2 aliphatic rings. The summed E-state index contributed by atoms with van der Waals surface area (Å²) in [5.41, 5.74) is 1.39. The minimum atomic E-state index is 0.126. The van der Waals surface area contributed by atoms with Crippen LogP contribution in [0.15, 0.2) is 9.95 Å². The second-order valence-electron chi connectivity index (χ2n) is 7.52. The van der Waals surface area contributed by atoms with Crippen LogP contribution in [0.2, 0.25) is 0 Å². The summed E-state index contributed by atoms with van der Waals surface area (Å²) in [6.07, 6.45) is 5.47.